The maximum absolute atomic E-state index is 12.3. The molecule has 9 heteroatoms. The summed E-state index contributed by atoms with van der Waals surface area (Å²) < 4.78 is 18.4. The van der Waals surface area contributed by atoms with Gasteiger partial charge in [0.05, 0.1) is 13.7 Å². The van der Waals surface area contributed by atoms with Crippen LogP contribution in [-0.4, -0.2) is 52.6 Å². The first-order valence-corrected chi connectivity index (χ1v) is 11.7. The van der Waals surface area contributed by atoms with Gasteiger partial charge in [0.15, 0.2) is 18.1 Å². The Morgan fingerprint density at radius 2 is 1.62 bits per heavy atom. The molecule has 3 aromatic carbocycles. The van der Waals surface area contributed by atoms with Gasteiger partial charge in [-0.15, -0.1) is 15.3 Å². The van der Waals surface area contributed by atoms with Crippen molar-refractivity contribution in [1.82, 2.24) is 25.1 Å². The highest BCUT2D eigenvalue weighted by atomic mass is 16.5. The minimum absolute atomic E-state index is 0.0972. The molecule has 0 bridgehead atoms. The fraction of sp³-hybridized carbons (Fsp3) is 0.143. The molecule has 1 N–H and O–H groups in total. The van der Waals surface area contributed by atoms with E-state index in [-0.39, 0.29) is 19.1 Å². The number of rotatable bonds is 10. The number of carbonyl (C=O) groups excluding carboxylic acids is 1. The van der Waals surface area contributed by atoms with Gasteiger partial charge in [-0.3, -0.25) is 4.79 Å². The molecule has 0 aliphatic carbocycles. The van der Waals surface area contributed by atoms with Crippen molar-refractivity contribution in [3.8, 4) is 39.9 Å². The van der Waals surface area contributed by atoms with Crippen LogP contribution in [0.3, 0.4) is 0 Å². The Morgan fingerprint density at radius 1 is 0.838 bits per heavy atom. The van der Waals surface area contributed by atoms with Crippen molar-refractivity contribution in [3.63, 3.8) is 0 Å². The lowest BCUT2D eigenvalue weighted by molar-refractivity contribution is -0.123. The molecule has 2 heterocycles. The molecule has 0 aliphatic heterocycles. The van der Waals surface area contributed by atoms with Gasteiger partial charge >= 0.3 is 0 Å². The van der Waals surface area contributed by atoms with Crippen LogP contribution < -0.4 is 19.5 Å². The zero-order valence-electron chi connectivity index (χ0n) is 20.2. The molecule has 0 atom stereocenters. The van der Waals surface area contributed by atoms with Gasteiger partial charge in [0, 0.05) is 17.2 Å². The number of fused-ring (bicyclic) bond motifs is 1. The summed E-state index contributed by atoms with van der Waals surface area (Å²) in [7, 11) is 1.62. The average molecular weight is 496 g/mol. The summed E-state index contributed by atoms with van der Waals surface area (Å²) in [4.78, 5) is 12.3. The van der Waals surface area contributed by atoms with Crippen molar-refractivity contribution < 1.29 is 19.0 Å². The molecule has 0 unspecified atom stereocenters. The van der Waals surface area contributed by atoms with Crippen LogP contribution in [0.5, 0.6) is 17.4 Å². The van der Waals surface area contributed by atoms with Gasteiger partial charge in [0.1, 0.15) is 18.1 Å². The largest absolute Gasteiger partial charge is 0.497 e. The third-order valence-corrected chi connectivity index (χ3v) is 5.59. The second-order valence-electron chi connectivity index (χ2n) is 8.04. The SMILES string of the molecule is COc1ccc(-c2nnc3ccc(OCCNC(=O)COc4ccccc4-c4ccccc4)nn23)cc1. The molecule has 5 rings (SSSR count). The van der Waals surface area contributed by atoms with Crippen LogP contribution in [0.25, 0.3) is 28.2 Å². The van der Waals surface area contributed by atoms with E-state index < -0.39 is 0 Å². The maximum Gasteiger partial charge on any atom is 0.258 e. The lowest BCUT2D eigenvalue weighted by Gasteiger charge is -2.12. The number of nitrogens with one attached hydrogen (secondary N) is 1. The van der Waals surface area contributed by atoms with Crippen molar-refractivity contribution in [2.45, 2.75) is 0 Å². The van der Waals surface area contributed by atoms with Crippen molar-refractivity contribution in [1.29, 1.82) is 0 Å². The Labute approximate surface area is 213 Å². The Hall–Kier alpha value is -4.92. The van der Waals surface area contributed by atoms with Crippen molar-refractivity contribution in [2.75, 3.05) is 26.9 Å². The first kappa shape index (κ1) is 23.8. The maximum atomic E-state index is 12.3. The molecule has 0 saturated heterocycles. The number of ether oxygens (including phenoxy) is 3. The van der Waals surface area contributed by atoms with Gasteiger partial charge in [0.25, 0.3) is 5.91 Å². The quantitative estimate of drug-likeness (QED) is 0.292. The number of nitrogens with zero attached hydrogens (tertiary/aromatic N) is 4. The van der Waals surface area contributed by atoms with Gasteiger partial charge < -0.3 is 19.5 Å². The molecule has 1 amide bonds. The molecule has 0 spiro atoms. The first-order valence-electron chi connectivity index (χ1n) is 11.7. The second-order valence-corrected chi connectivity index (χ2v) is 8.04. The van der Waals surface area contributed by atoms with Crippen molar-refractivity contribution in [2.24, 2.45) is 0 Å². The summed E-state index contributed by atoms with van der Waals surface area (Å²) in [5, 5.41) is 15.7. The van der Waals surface area contributed by atoms with Crippen LogP contribution in [0.1, 0.15) is 0 Å². The Kier molecular flexibility index (Phi) is 7.21. The smallest absolute Gasteiger partial charge is 0.258 e. The van der Waals surface area contributed by atoms with E-state index in [2.05, 4.69) is 20.6 Å². The topological polar surface area (TPSA) is 99.9 Å². The van der Waals surface area contributed by atoms with E-state index in [1.807, 2.05) is 78.9 Å². The van der Waals surface area contributed by atoms with Crippen LogP contribution in [0.4, 0.5) is 0 Å². The molecule has 0 radical (unpaired) electrons. The molecule has 0 aliphatic rings. The molecular weight excluding hydrogens is 470 g/mol. The number of hydrogen-bond acceptors (Lipinski definition) is 7. The summed E-state index contributed by atoms with van der Waals surface area (Å²) in [6, 6.07) is 28.5. The van der Waals surface area contributed by atoms with E-state index in [4.69, 9.17) is 14.2 Å². The fourth-order valence-corrected chi connectivity index (χ4v) is 3.76. The normalized spacial score (nSPS) is 10.7. The van der Waals surface area contributed by atoms with Gasteiger partial charge in [-0.2, -0.15) is 4.52 Å². The van der Waals surface area contributed by atoms with E-state index in [0.29, 0.717) is 29.6 Å². The summed E-state index contributed by atoms with van der Waals surface area (Å²) in [5.41, 5.74) is 3.40. The Morgan fingerprint density at radius 3 is 2.43 bits per heavy atom. The van der Waals surface area contributed by atoms with Gasteiger partial charge in [-0.05, 0) is 42.0 Å². The van der Waals surface area contributed by atoms with E-state index in [0.717, 1.165) is 22.4 Å². The van der Waals surface area contributed by atoms with Gasteiger partial charge in [-0.25, -0.2) is 0 Å². The van der Waals surface area contributed by atoms with E-state index in [1.165, 1.54) is 0 Å². The lowest BCUT2D eigenvalue weighted by Crippen LogP contribution is -2.32. The average Bonchev–Trinajstić information content (AvgIpc) is 3.38. The standard InChI is InChI=1S/C28H25N5O4/c1-35-22-13-11-21(12-14-22)28-31-30-25-15-16-27(32-33(25)28)36-18-17-29-26(34)19-37-24-10-6-5-9-23(24)20-7-3-2-4-8-20/h2-16H,17-19H2,1H3,(H,29,34). The molecule has 9 nitrogen and oxygen atoms in total. The van der Waals surface area contributed by atoms with Crippen LogP contribution in [0.15, 0.2) is 91.0 Å². The first-order chi connectivity index (χ1) is 18.2. The molecule has 0 fully saturated rings. The predicted molar refractivity (Wildman–Crippen MR) is 139 cm³/mol. The number of amides is 1. The molecule has 186 valence electrons. The molecular formula is C28H25N5O4. The van der Waals surface area contributed by atoms with Gasteiger partial charge in [-0.1, -0.05) is 48.5 Å². The number of carbonyl (C=O) groups is 1. The molecule has 5 aromatic rings. The number of methoxy groups -OCH3 is 1. The minimum atomic E-state index is -0.240. The summed E-state index contributed by atoms with van der Waals surface area (Å²) >= 11 is 0. The van der Waals surface area contributed by atoms with Crippen LogP contribution in [0.2, 0.25) is 0 Å². The summed E-state index contributed by atoms with van der Waals surface area (Å²) in [5.74, 6) is 2.14. The number of benzene rings is 3. The predicted octanol–water partition coefficient (Wildman–Crippen LogP) is 4.04. The fourth-order valence-electron chi connectivity index (χ4n) is 3.76. The number of hydrogen-bond donors (Lipinski definition) is 1. The van der Waals surface area contributed by atoms with Gasteiger partial charge in [0.2, 0.25) is 5.88 Å². The second kappa shape index (κ2) is 11.2. The van der Waals surface area contributed by atoms with Crippen LogP contribution in [-0.2, 0) is 4.79 Å². The highest BCUT2D eigenvalue weighted by Crippen LogP contribution is 2.29. The number of aromatic nitrogens is 4. The highest BCUT2D eigenvalue weighted by molar-refractivity contribution is 5.78. The zero-order chi connectivity index (χ0) is 25.5. The van der Waals surface area contributed by atoms with E-state index >= 15 is 0 Å². The third-order valence-electron chi connectivity index (χ3n) is 5.59. The molecule has 2 aromatic heterocycles. The molecule has 0 saturated carbocycles. The third kappa shape index (κ3) is 5.67. The Bertz CT molecular complexity index is 1490. The van der Waals surface area contributed by atoms with Crippen molar-refractivity contribution in [3.05, 3.63) is 91.0 Å². The lowest BCUT2D eigenvalue weighted by atomic mass is 10.1. The number of para-hydroxylation sites is 1. The zero-order valence-corrected chi connectivity index (χ0v) is 20.2. The van der Waals surface area contributed by atoms with E-state index in [1.54, 1.807) is 23.8 Å². The Balaban J connectivity index is 1.14. The van der Waals surface area contributed by atoms with Crippen molar-refractivity contribution >= 4 is 11.6 Å². The van der Waals surface area contributed by atoms with Crippen LogP contribution >= 0.6 is 0 Å². The summed E-state index contributed by atoms with van der Waals surface area (Å²) in [6.45, 7) is 0.445. The van der Waals surface area contributed by atoms with E-state index in [9.17, 15) is 4.79 Å². The summed E-state index contributed by atoms with van der Waals surface area (Å²) in [6.07, 6.45) is 0. The van der Waals surface area contributed by atoms with Crippen LogP contribution in [0, 0.1) is 0 Å². The molecule has 37 heavy (non-hydrogen) atoms. The minimum Gasteiger partial charge on any atom is -0.497 e. The highest BCUT2D eigenvalue weighted by Gasteiger charge is 2.11. The monoisotopic (exact) mass is 495 g/mol.